The minimum atomic E-state index is 0.266. The van der Waals surface area contributed by atoms with Gasteiger partial charge < -0.3 is 16.0 Å². The maximum absolute atomic E-state index is 5.85. The number of nitrogens with two attached hydrogens (primary N) is 1. The maximum Gasteiger partial charge on any atom is 0.228 e. The summed E-state index contributed by atoms with van der Waals surface area (Å²) in [7, 11) is 0. The SMILES string of the molecule is CCN1CCN(Cc2nc(N)nc(NCc3ccccc3)n2)CC1. The molecule has 1 fully saturated rings. The van der Waals surface area contributed by atoms with Crippen molar-refractivity contribution in [2.75, 3.05) is 43.8 Å². The molecule has 0 spiro atoms. The number of likely N-dealkylation sites (N-methyl/N-ethyl adjacent to an activating group) is 1. The number of piperazine rings is 1. The molecule has 0 bridgehead atoms. The van der Waals surface area contributed by atoms with E-state index in [2.05, 4.69) is 49.1 Å². The highest BCUT2D eigenvalue weighted by atomic mass is 15.3. The number of hydrogen-bond donors (Lipinski definition) is 2. The van der Waals surface area contributed by atoms with E-state index in [1.54, 1.807) is 0 Å². The number of hydrogen-bond acceptors (Lipinski definition) is 7. The molecule has 0 unspecified atom stereocenters. The Bertz CT molecular complexity index is 639. The Morgan fingerprint density at radius 3 is 2.42 bits per heavy atom. The van der Waals surface area contributed by atoms with Crippen molar-refractivity contribution in [2.45, 2.75) is 20.0 Å². The van der Waals surface area contributed by atoms with Gasteiger partial charge in [0.05, 0.1) is 6.54 Å². The second-order valence-electron chi connectivity index (χ2n) is 5.98. The molecule has 3 rings (SSSR count). The molecule has 7 heteroatoms. The van der Waals surface area contributed by atoms with Crippen LogP contribution in [0.1, 0.15) is 18.3 Å². The summed E-state index contributed by atoms with van der Waals surface area (Å²) in [6.07, 6.45) is 0. The number of anilines is 2. The van der Waals surface area contributed by atoms with Gasteiger partial charge in [0.2, 0.25) is 11.9 Å². The van der Waals surface area contributed by atoms with Crippen LogP contribution < -0.4 is 11.1 Å². The number of benzene rings is 1. The summed E-state index contributed by atoms with van der Waals surface area (Å²) in [4.78, 5) is 17.8. The van der Waals surface area contributed by atoms with E-state index < -0.39 is 0 Å². The summed E-state index contributed by atoms with van der Waals surface area (Å²) in [6, 6.07) is 10.2. The Kier molecular flexibility index (Phi) is 5.55. The third-order valence-electron chi connectivity index (χ3n) is 4.27. The number of nitrogens with one attached hydrogen (secondary N) is 1. The van der Waals surface area contributed by atoms with Gasteiger partial charge in [0.15, 0.2) is 0 Å². The van der Waals surface area contributed by atoms with Crippen molar-refractivity contribution >= 4 is 11.9 Å². The van der Waals surface area contributed by atoms with Crippen molar-refractivity contribution in [1.82, 2.24) is 24.8 Å². The Morgan fingerprint density at radius 1 is 1.00 bits per heavy atom. The number of nitrogens with zero attached hydrogens (tertiary/aromatic N) is 5. The summed E-state index contributed by atoms with van der Waals surface area (Å²) >= 11 is 0. The van der Waals surface area contributed by atoms with Crippen LogP contribution in [-0.2, 0) is 13.1 Å². The van der Waals surface area contributed by atoms with Crippen LogP contribution in [0.4, 0.5) is 11.9 Å². The highest BCUT2D eigenvalue weighted by Crippen LogP contribution is 2.09. The van der Waals surface area contributed by atoms with E-state index in [0.717, 1.165) is 38.5 Å². The molecule has 1 aromatic heterocycles. The van der Waals surface area contributed by atoms with Gasteiger partial charge in [-0.1, -0.05) is 37.3 Å². The molecule has 24 heavy (non-hydrogen) atoms. The quantitative estimate of drug-likeness (QED) is 0.825. The summed E-state index contributed by atoms with van der Waals surface area (Å²) in [5.74, 6) is 1.53. The van der Waals surface area contributed by atoms with Gasteiger partial charge in [-0.25, -0.2) is 0 Å². The zero-order valence-electron chi connectivity index (χ0n) is 14.1. The van der Waals surface area contributed by atoms with Crippen molar-refractivity contribution in [1.29, 1.82) is 0 Å². The fourth-order valence-electron chi connectivity index (χ4n) is 2.83. The Morgan fingerprint density at radius 2 is 1.71 bits per heavy atom. The van der Waals surface area contributed by atoms with Crippen molar-refractivity contribution in [3.8, 4) is 0 Å². The summed E-state index contributed by atoms with van der Waals surface area (Å²) in [5.41, 5.74) is 7.02. The lowest BCUT2D eigenvalue weighted by molar-refractivity contribution is 0.129. The summed E-state index contributed by atoms with van der Waals surface area (Å²) in [6.45, 7) is 8.95. The first kappa shape index (κ1) is 16.6. The second-order valence-corrected chi connectivity index (χ2v) is 5.98. The topological polar surface area (TPSA) is 83.2 Å². The Labute approximate surface area is 142 Å². The molecule has 2 aromatic rings. The third-order valence-corrected chi connectivity index (χ3v) is 4.27. The van der Waals surface area contributed by atoms with E-state index in [4.69, 9.17) is 5.73 Å². The Hall–Kier alpha value is -2.25. The first-order valence-electron chi connectivity index (χ1n) is 8.46. The van der Waals surface area contributed by atoms with E-state index in [0.29, 0.717) is 19.0 Å². The van der Waals surface area contributed by atoms with Crippen LogP contribution in [-0.4, -0.2) is 57.5 Å². The number of rotatable bonds is 6. The van der Waals surface area contributed by atoms with Gasteiger partial charge in [-0.05, 0) is 12.1 Å². The molecule has 1 aromatic carbocycles. The molecule has 3 N–H and O–H groups in total. The van der Waals surface area contributed by atoms with Gasteiger partial charge in [-0.2, -0.15) is 15.0 Å². The average Bonchev–Trinajstić information content (AvgIpc) is 2.61. The normalized spacial score (nSPS) is 16.2. The highest BCUT2D eigenvalue weighted by Gasteiger charge is 2.17. The molecule has 0 radical (unpaired) electrons. The van der Waals surface area contributed by atoms with Gasteiger partial charge in [0.25, 0.3) is 0 Å². The second kappa shape index (κ2) is 8.03. The summed E-state index contributed by atoms with van der Waals surface area (Å²) < 4.78 is 0. The van der Waals surface area contributed by atoms with Crippen LogP contribution in [0.5, 0.6) is 0 Å². The van der Waals surface area contributed by atoms with E-state index in [1.807, 2.05) is 18.2 Å². The molecule has 128 valence electrons. The number of aromatic nitrogens is 3. The predicted octanol–water partition coefficient (Wildman–Crippen LogP) is 1.20. The van der Waals surface area contributed by atoms with Gasteiger partial charge >= 0.3 is 0 Å². The standard InChI is InChI=1S/C17H25N7/c1-2-23-8-10-24(11-9-23)13-15-20-16(18)22-17(21-15)19-12-14-6-4-3-5-7-14/h3-7H,2,8-13H2,1H3,(H3,18,19,20,21,22). The van der Waals surface area contributed by atoms with Crippen molar-refractivity contribution < 1.29 is 0 Å². The largest absolute Gasteiger partial charge is 0.368 e. The van der Waals surface area contributed by atoms with Crippen molar-refractivity contribution in [3.63, 3.8) is 0 Å². The predicted molar refractivity (Wildman–Crippen MR) is 95.4 cm³/mol. The molecule has 1 saturated heterocycles. The van der Waals surface area contributed by atoms with Crippen LogP contribution in [0.25, 0.3) is 0 Å². The monoisotopic (exact) mass is 327 g/mol. The third kappa shape index (κ3) is 4.62. The van der Waals surface area contributed by atoms with Crippen LogP contribution in [0, 0.1) is 0 Å². The first-order valence-corrected chi connectivity index (χ1v) is 8.46. The molecule has 0 amide bonds. The minimum Gasteiger partial charge on any atom is -0.368 e. The van der Waals surface area contributed by atoms with E-state index in [1.165, 1.54) is 5.56 Å². The fraction of sp³-hybridized carbons (Fsp3) is 0.471. The van der Waals surface area contributed by atoms with E-state index in [-0.39, 0.29) is 5.95 Å². The lowest BCUT2D eigenvalue weighted by Gasteiger charge is -2.33. The molecule has 7 nitrogen and oxygen atoms in total. The van der Waals surface area contributed by atoms with Gasteiger partial charge in [0, 0.05) is 32.7 Å². The molecular formula is C17H25N7. The highest BCUT2D eigenvalue weighted by molar-refractivity contribution is 5.32. The molecule has 0 aliphatic carbocycles. The van der Waals surface area contributed by atoms with Crippen LogP contribution in [0.15, 0.2) is 30.3 Å². The fourth-order valence-corrected chi connectivity index (χ4v) is 2.83. The maximum atomic E-state index is 5.85. The lowest BCUT2D eigenvalue weighted by Crippen LogP contribution is -2.45. The van der Waals surface area contributed by atoms with Crippen LogP contribution in [0.3, 0.4) is 0 Å². The molecule has 1 aliphatic heterocycles. The summed E-state index contributed by atoms with van der Waals surface area (Å²) in [5, 5.41) is 3.23. The van der Waals surface area contributed by atoms with Crippen LogP contribution in [0.2, 0.25) is 0 Å². The zero-order chi connectivity index (χ0) is 16.8. The Balaban J connectivity index is 1.59. The van der Waals surface area contributed by atoms with Crippen molar-refractivity contribution in [3.05, 3.63) is 41.7 Å². The van der Waals surface area contributed by atoms with E-state index >= 15 is 0 Å². The first-order chi connectivity index (χ1) is 11.7. The molecule has 0 saturated carbocycles. The van der Waals surface area contributed by atoms with Gasteiger partial charge in [-0.15, -0.1) is 0 Å². The average molecular weight is 327 g/mol. The minimum absolute atomic E-state index is 0.266. The molecule has 2 heterocycles. The van der Waals surface area contributed by atoms with Crippen molar-refractivity contribution in [2.24, 2.45) is 0 Å². The zero-order valence-corrected chi connectivity index (χ0v) is 14.1. The molecular weight excluding hydrogens is 302 g/mol. The van der Waals surface area contributed by atoms with Crippen LogP contribution >= 0.6 is 0 Å². The lowest BCUT2D eigenvalue weighted by atomic mass is 10.2. The van der Waals surface area contributed by atoms with Gasteiger partial charge in [0.1, 0.15) is 5.82 Å². The molecule has 0 atom stereocenters. The van der Waals surface area contributed by atoms with Gasteiger partial charge in [-0.3, -0.25) is 4.90 Å². The smallest absolute Gasteiger partial charge is 0.228 e. The van der Waals surface area contributed by atoms with E-state index in [9.17, 15) is 0 Å². The number of nitrogen functional groups attached to an aromatic ring is 1. The molecule has 1 aliphatic rings.